The number of hydrogen-bond acceptors (Lipinski definition) is 2. The molecule has 0 saturated heterocycles. The molecular formula is C11H22N2O3. The molecule has 0 aliphatic carbocycles. The van der Waals surface area contributed by atoms with Gasteiger partial charge in [-0.15, -0.1) is 0 Å². The van der Waals surface area contributed by atoms with E-state index in [2.05, 4.69) is 10.6 Å². The van der Waals surface area contributed by atoms with Crippen LogP contribution in [0.15, 0.2) is 0 Å². The quantitative estimate of drug-likeness (QED) is 0.627. The van der Waals surface area contributed by atoms with Crippen LogP contribution >= 0.6 is 0 Å². The molecule has 0 fully saturated rings. The Labute approximate surface area is 96.6 Å². The summed E-state index contributed by atoms with van der Waals surface area (Å²) in [6.45, 7) is 7.92. The lowest BCUT2D eigenvalue weighted by atomic mass is 9.87. The van der Waals surface area contributed by atoms with Gasteiger partial charge < -0.3 is 15.7 Å². The van der Waals surface area contributed by atoms with Gasteiger partial charge in [0.05, 0.1) is 0 Å². The van der Waals surface area contributed by atoms with Crippen LogP contribution in [0.3, 0.4) is 0 Å². The summed E-state index contributed by atoms with van der Waals surface area (Å²) < 4.78 is 0. The van der Waals surface area contributed by atoms with Crippen molar-refractivity contribution in [1.82, 2.24) is 10.6 Å². The van der Waals surface area contributed by atoms with Crippen LogP contribution in [0.2, 0.25) is 0 Å². The lowest BCUT2D eigenvalue weighted by Gasteiger charge is -2.27. The zero-order chi connectivity index (χ0) is 12.8. The van der Waals surface area contributed by atoms with Crippen molar-refractivity contribution in [1.29, 1.82) is 0 Å². The van der Waals surface area contributed by atoms with E-state index in [0.717, 1.165) is 12.8 Å². The van der Waals surface area contributed by atoms with Gasteiger partial charge in [0.15, 0.2) is 0 Å². The smallest absolute Gasteiger partial charge is 0.326 e. The largest absolute Gasteiger partial charge is 0.480 e. The first kappa shape index (κ1) is 14.7. The third-order valence-electron chi connectivity index (χ3n) is 2.20. The Hall–Kier alpha value is -1.26. The van der Waals surface area contributed by atoms with E-state index in [1.165, 1.54) is 0 Å². The number of hydrogen-bond donors (Lipinski definition) is 3. The Kier molecular flexibility index (Phi) is 5.85. The standard InChI is InChI=1S/C11H22N2O3/c1-5-6-7-12-10(16)13-8(9(14)15)11(2,3)4/h8H,5-7H2,1-4H3,(H,14,15)(H2,12,13,16). The Morgan fingerprint density at radius 3 is 2.25 bits per heavy atom. The summed E-state index contributed by atoms with van der Waals surface area (Å²) in [5.74, 6) is -1.02. The van der Waals surface area contributed by atoms with Crippen molar-refractivity contribution in [3.8, 4) is 0 Å². The van der Waals surface area contributed by atoms with E-state index in [0.29, 0.717) is 6.54 Å². The predicted molar refractivity (Wildman–Crippen MR) is 62.3 cm³/mol. The van der Waals surface area contributed by atoms with Crippen LogP contribution in [0.4, 0.5) is 4.79 Å². The van der Waals surface area contributed by atoms with Crippen molar-refractivity contribution in [2.45, 2.75) is 46.6 Å². The van der Waals surface area contributed by atoms with Crippen molar-refractivity contribution in [2.24, 2.45) is 5.41 Å². The van der Waals surface area contributed by atoms with Gasteiger partial charge >= 0.3 is 12.0 Å². The number of unbranched alkanes of at least 4 members (excludes halogenated alkanes) is 1. The Bertz CT molecular complexity index is 246. The van der Waals surface area contributed by atoms with Gasteiger partial charge in [-0.2, -0.15) is 0 Å². The summed E-state index contributed by atoms with van der Waals surface area (Å²) in [5, 5.41) is 14.1. The minimum atomic E-state index is -1.02. The first-order valence-electron chi connectivity index (χ1n) is 5.56. The van der Waals surface area contributed by atoms with Gasteiger partial charge in [-0.1, -0.05) is 34.1 Å². The third-order valence-corrected chi connectivity index (χ3v) is 2.20. The van der Waals surface area contributed by atoms with Gasteiger partial charge in [0.25, 0.3) is 0 Å². The molecule has 0 spiro atoms. The van der Waals surface area contributed by atoms with Gasteiger partial charge in [-0.3, -0.25) is 0 Å². The highest BCUT2D eigenvalue weighted by molar-refractivity contribution is 5.83. The minimum Gasteiger partial charge on any atom is -0.480 e. The molecule has 0 saturated carbocycles. The van der Waals surface area contributed by atoms with Gasteiger partial charge in [0, 0.05) is 6.54 Å². The molecule has 0 rings (SSSR count). The number of carbonyl (C=O) groups excluding carboxylic acids is 1. The number of carbonyl (C=O) groups is 2. The molecule has 5 nitrogen and oxygen atoms in total. The van der Waals surface area contributed by atoms with Crippen molar-refractivity contribution in [3.05, 3.63) is 0 Å². The van der Waals surface area contributed by atoms with E-state index in [4.69, 9.17) is 5.11 Å². The summed E-state index contributed by atoms with van der Waals surface area (Å²) in [6, 6.07) is -1.30. The number of rotatable bonds is 5. The molecule has 16 heavy (non-hydrogen) atoms. The Balaban J connectivity index is 4.21. The summed E-state index contributed by atoms with van der Waals surface area (Å²) in [4.78, 5) is 22.4. The van der Waals surface area contributed by atoms with E-state index in [1.54, 1.807) is 20.8 Å². The number of aliphatic carboxylic acids is 1. The highest BCUT2D eigenvalue weighted by Crippen LogP contribution is 2.19. The lowest BCUT2D eigenvalue weighted by Crippen LogP contribution is -2.52. The second-order valence-corrected chi connectivity index (χ2v) is 4.89. The maximum absolute atomic E-state index is 11.4. The molecule has 0 aliphatic rings. The number of amides is 2. The van der Waals surface area contributed by atoms with E-state index in [1.807, 2.05) is 6.92 Å². The molecule has 1 unspecified atom stereocenters. The molecule has 2 amide bonds. The summed E-state index contributed by atoms with van der Waals surface area (Å²) in [6.07, 6.45) is 1.88. The van der Waals surface area contributed by atoms with Crippen molar-refractivity contribution in [2.75, 3.05) is 6.54 Å². The average molecular weight is 230 g/mol. The zero-order valence-electron chi connectivity index (χ0n) is 10.5. The fourth-order valence-corrected chi connectivity index (χ4v) is 1.21. The topological polar surface area (TPSA) is 78.4 Å². The maximum Gasteiger partial charge on any atom is 0.326 e. The fraction of sp³-hybridized carbons (Fsp3) is 0.818. The first-order chi connectivity index (χ1) is 7.29. The van der Waals surface area contributed by atoms with Crippen molar-refractivity contribution in [3.63, 3.8) is 0 Å². The molecule has 0 aromatic heterocycles. The first-order valence-corrected chi connectivity index (χ1v) is 5.56. The molecule has 0 aromatic carbocycles. The molecular weight excluding hydrogens is 208 g/mol. The predicted octanol–water partition coefficient (Wildman–Crippen LogP) is 1.58. The highest BCUT2D eigenvalue weighted by atomic mass is 16.4. The van der Waals surface area contributed by atoms with Crippen LogP contribution in [0.1, 0.15) is 40.5 Å². The fourth-order valence-electron chi connectivity index (χ4n) is 1.21. The second-order valence-electron chi connectivity index (χ2n) is 4.89. The van der Waals surface area contributed by atoms with Gasteiger partial charge in [-0.05, 0) is 11.8 Å². The Morgan fingerprint density at radius 1 is 1.31 bits per heavy atom. The van der Waals surface area contributed by atoms with Crippen molar-refractivity contribution < 1.29 is 14.7 Å². The van der Waals surface area contributed by atoms with E-state index in [-0.39, 0.29) is 0 Å². The monoisotopic (exact) mass is 230 g/mol. The molecule has 0 bridgehead atoms. The second kappa shape index (κ2) is 6.35. The third kappa shape index (κ3) is 5.58. The summed E-state index contributed by atoms with van der Waals surface area (Å²) >= 11 is 0. The number of nitrogens with one attached hydrogen (secondary N) is 2. The van der Waals surface area contributed by atoms with Crippen molar-refractivity contribution >= 4 is 12.0 Å². The number of urea groups is 1. The summed E-state index contributed by atoms with van der Waals surface area (Å²) in [7, 11) is 0. The van der Waals surface area contributed by atoms with Crippen LogP contribution < -0.4 is 10.6 Å². The molecule has 5 heteroatoms. The van der Waals surface area contributed by atoms with E-state index in [9.17, 15) is 9.59 Å². The number of carboxylic acids is 1. The molecule has 94 valence electrons. The highest BCUT2D eigenvalue weighted by Gasteiger charge is 2.32. The van der Waals surface area contributed by atoms with Gasteiger partial charge in [-0.25, -0.2) is 9.59 Å². The maximum atomic E-state index is 11.4. The van der Waals surface area contributed by atoms with E-state index < -0.39 is 23.5 Å². The summed E-state index contributed by atoms with van der Waals surface area (Å²) in [5.41, 5.74) is -0.506. The van der Waals surface area contributed by atoms with Gasteiger partial charge in [0.2, 0.25) is 0 Å². The normalized spacial score (nSPS) is 13.0. The molecule has 3 N–H and O–H groups in total. The zero-order valence-corrected chi connectivity index (χ0v) is 10.5. The molecule has 1 atom stereocenters. The minimum absolute atomic E-state index is 0.421. The Morgan fingerprint density at radius 2 is 1.88 bits per heavy atom. The molecule has 0 aliphatic heterocycles. The van der Waals surface area contributed by atoms with E-state index >= 15 is 0 Å². The van der Waals surface area contributed by atoms with Crippen LogP contribution in [0.5, 0.6) is 0 Å². The molecule has 0 aromatic rings. The van der Waals surface area contributed by atoms with Crippen LogP contribution in [0, 0.1) is 5.41 Å². The van der Waals surface area contributed by atoms with Crippen LogP contribution in [0.25, 0.3) is 0 Å². The van der Waals surface area contributed by atoms with Gasteiger partial charge in [0.1, 0.15) is 6.04 Å². The van der Waals surface area contributed by atoms with Crippen LogP contribution in [-0.2, 0) is 4.79 Å². The molecule has 0 radical (unpaired) electrons. The molecule has 0 heterocycles. The van der Waals surface area contributed by atoms with Crippen LogP contribution in [-0.4, -0.2) is 29.7 Å². The number of carboxylic acid groups (broad SMARTS) is 1. The SMILES string of the molecule is CCCCNC(=O)NC(C(=O)O)C(C)(C)C. The lowest BCUT2D eigenvalue weighted by molar-refractivity contribution is -0.141. The average Bonchev–Trinajstić information content (AvgIpc) is 2.12.